The minimum absolute atomic E-state index is 0.446. The molecule has 0 saturated heterocycles. The van der Waals surface area contributed by atoms with Gasteiger partial charge in [-0.05, 0) is 37.0 Å². The first-order valence-electron chi connectivity index (χ1n) is 9.05. The van der Waals surface area contributed by atoms with Crippen molar-refractivity contribution in [1.82, 2.24) is 4.98 Å². The van der Waals surface area contributed by atoms with Crippen LogP contribution in [0.25, 0.3) is 0 Å². The van der Waals surface area contributed by atoms with Gasteiger partial charge in [-0.15, -0.1) is 6.58 Å². The van der Waals surface area contributed by atoms with Crippen LogP contribution in [-0.2, 0) is 6.54 Å². The Labute approximate surface area is 150 Å². The van der Waals surface area contributed by atoms with Gasteiger partial charge in [0.1, 0.15) is 0 Å². The van der Waals surface area contributed by atoms with Gasteiger partial charge in [0.05, 0.1) is 17.5 Å². The standard InChI is InChI=1S/C21H27N3O/c1-2-8-20(25)19-14-13-18(22)21(23-19)24(17-11-6-7-12-17)15-16-9-4-3-5-10-16/h2-5,9-10,13-14,17,20,25H,1,6-8,11-12,15,22H2. The summed E-state index contributed by atoms with van der Waals surface area (Å²) < 4.78 is 0. The molecule has 2 aromatic rings. The average Bonchev–Trinajstić information content (AvgIpc) is 3.16. The predicted molar refractivity (Wildman–Crippen MR) is 103 cm³/mol. The molecule has 3 rings (SSSR count). The van der Waals surface area contributed by atoms with Gasteiger partial charge < -0.3 is 15.7 Å². The van der Waals surface area contributed by atoms with Gasteiger partial charge in [0.25, 0.3) is 0 Å². The van der Waals surface area contributed by atoms with Crippen molar-refractivity contribution in [2.24, 2.45) is 0 Å². The second-order valence-electron chi connectivity index (χ2n) is 6.74. The lowest BCUT2D eigenvalue weighted by Gasteiger charge is -2.31. The van der Waals surface area contributed by atoms with E-state index in [1.165, 1.54) is 18.4 Å². The molecule has 1 unspecified atom stereocenters. The zero-order chi connectivity index (χ0) is 17.6. The molecule has 1 heterocycles. The van der Waals surface area contributed by atoms with Crippen molar-refractivity contribution in [2.45, 2.75) is 50.8 Å². The number of nitrogen functional groups attached to an aromatic ring is 1. The molecule has 4 nitrogen and oxygen atoms in total. The summed E-state index contributed by atoms with van der Waals surface area (Å²) in [7, 11) is 0. The zero-order valence-electron chi connectivity index (χ0n) is 14.6. The minimum atomic E-state index is -0.640. The predicted octanol–water partition coefficient (Wildman–Crippen LogP) is 4.22. The van der Waals surface area contributed by atoms with Crippen LogP contribution in [0.5, 0.6) is 0 Å². The van der Waals surface area contributed by atoms with E-state index in [1.54, 1.807) is 6.08 Å². The van der Waals surface area contributed by atoms with Crippen LogP contribution in [0.3, 0.4) is 0 Å². The Morgan fingerprint density at radius 2 is 1.92 bits per heavy atom. The number of nitrogens with two attached hydrogens (primary N) is 1. The van der Waals surface area contributed by atoms with Gasteiger partial charge in [-0.1, -0.05) is 49.2 Å². The lowest BCUT2D eigenvalue weighted by molar-refractivity contribution is 0.177. The fraction of sp³-hybridized carbons (Fsp3) is 0.381. The van der Waals surface area contributed by atoms with E-state index in [1.807, 2.05) is 18.2 Å². The Kier molecular flexibility index (Phi) is 5.71. The van der Waals surface area contributed by atoms with Gasteiger partial charge in [-0.2, -0.15) is 0 Å². The van der Waals surface area contributed by atoms with E-state index in [9.17, 15) is 5.11 Å². The third-order valence-corrected chi connectivity index (χ3v) is 4.89. The van der Waals surface area contributed by atoms with E-state index in [-0.39, 0.29) is 0 Å². The number of benzene rings is 1. The summed E-state index contributed by atoms with van der Waals surface area (Å²) in [5.41, 5.74) is 8.84. The van der Waals surface area contributed by atoms with Gasteiger partial charge in [0.15, 0.2) is 5.82 Å². The summed E-state index contributed by atoms with van der Waals surface area (Å²) in [6, 6.07) is 14.5. The van der Waals surface area contributed by atoms with E-state index >= 15 is 0 Å². The Bertz CT molecular complexity index is 696. The Hall–Kier alpha value is -2.33. The minimum Gasteiger partial charge on any atom is -0.396 e. The molecule has 0 amide bonds. The number of nitrogens with zero attached hydrogens (tertiary/aromatic N) is 2. The quantitative estimate of drug-likeness (QED) is 0.743. The van der Waals surface area contributed by atoms with Gasteiger partial charge in [-0.3, -0.25) is 0 Å². The number of rotatable bonds is 7. The Morgan fingerprint density at radius 3 is 2.60 bits per heavy atom. The second kappa shape index (κ2) is 8.17. The van der Waals surface area contributed by atoms with Crippen molar-refractivity contribution < 1.29 is 5.11 Å². The summed E-state index contributed by atoms with van der Waals surface area (Å²) >= 11 is 0. The van der Waals surface area contributed by atoms with Crippen LogP contribution in [0.2, 0.25) is 0 Å². The Balaban J connectivity index is 1.94. The lowest BCUT2D eigenvalue weighted by atomic mass is 10.1. The molecule has 3 N–H and O–H groups in total. The highest BCUT2D eigenvalue weighted by atomic mass is 16.3. The van der Waals surface area contributed by atoms with Crippen molar-refractivity contribution in [3.63, 3.8) is 0 Å². The van der Waals surface area contributed by atoms with Crippen LogP contribution in [0.15, 0.2) is 55.1 Å². The van der Waals surface area contributed by atoms with Crippen LogP contribution in [0.1, 0.15) is 49.5 Å². The molecule has 4 heteroatoms. The molecule has 1 aliphatic rings. The number of hydrogen-bond donors (Lipinski definition) is 2. The molecule has 0 aliphatic heterocycles. The van der Waals surface area contributed by atoms with E-state index in [0.29, 0.717) is 23.8 Å². The molecular formula is C21H27N3O. The molecule has 1 aromatic heterocycles. The van der Waals surface area contributed by atoms with Crippen LogP contribution in [0.4, 0.5) is 11.5 Å². The van der Waals surface area contributed by atoms with Crippen LogP contribution in [-0.4, -0.2) is 16.1 Å². The van der Waals surface area contributed by atoms with E-state index < -0.39 is 6.10 Å². The van der Waals surface area contributed by atoms with Crippen LogP contribution < -0.4 is 10.6 Å². The summed E-state index contributed by atoms with van der Waals surface area (Å²) in [4.78, 5) is 7.06. The van der Waals surface area contributed by atoms with Crippen LogP contribution in [0, 0.1) is 0 Å². The number of hydrogen-bond acceptors (Lipinski definition) is 4. The topological polar surface area (TPSA) is 62.4 Å². The molecule has 1 aromatic carbocycles. The molecule has 0 radical (unpaired) electrons. The average molecular weight is 337 g/mol. The molecule has 1 atom stereocenters. The maximum absolute atomic E-state index is 10.3. The summed E-state index contributed by atoms with van der Waals surface area (Å²) in [6.45, 7) is 4.48. The number of aliphatic hydroxyl groups is 1. The molecule has 1 saturated carbocycles. The van der Waals surface area contributed by atoms with Crippen molar-refractivity contribution in [3.8, 4) is 0 Å². The highest BCUT2D eigenvalue weighted by molar-refractivity contribution is 5.64. The summed E-state index contributed by atoms with van der Waals surface area (Å²) in [6.07, 6.45) is 6.36. The fourth-order valence-corrected chi connectivity index (χ4v) is 3.54. The van der Waals surface area contributed by atoms with Crippen molar-refractivity contribution >= 4 is 11.5 Å². The number of anilines is 2. The molecule has 1 fully saturated rings. The first kappa shape index (κ1) is 17.5. The molecule has 132 valence electrons. The van der Waals surface area contributed by atoms with Crippen LogP contribution >= 0.6 is 0 Å². The number of aromatic nitrogens is 1. The molecular weight excluding hydrogens is 310 g/mol. The first-order chi connectivity index (χ1) is 12.2. The third kappa shape index (κ3) is 4.20. The van der Waals surface area contributed by atoms with Gasteiger partial charge in [0, 0.05) is 12.6 Å². The third-order valence-electron chi connectivity index (χ3n) is 4.89. The zero-order valence-corrected chi connectivity index (χ0v) is 14.6. The van der Waals surface area contributed by atoms with Crippen molar-refractivity contribution in [1.29, 1.82) is 0 Å². The van der Waals surface area contributed by atoms with E-state index in [4.69, 9.17) is 10.7 Å². The smallest absolute Gasteiger partial charge is 0.152 e. The van der Waals surface area contributed by atoms with Crippen molar-refractivity contribution in [2.75, 3.05) is 10.6 Å². The first-order valence-corrected chi connectivity index (χ1v) is 9.05. The largest absolute Gasteiger partial charge is 0.396 e. The maximum atomic E-state index is 10.3. The van der Waals surface area contributed by atoms with Crippen molar-refractivity contribution in [3.05, 3.63) is 66.4 Å². The normalized spacial score (nSPS) is 15.9. The lowest BCUT2D eigenvalue weighted by Crippen LogP contribution is -2.34. The summed E-state index contributed by atoms with van der Waals surface area (Å²) in [5.74, 6) is 0.788. The SMILES string of the molecule is C=CCC(O)c1ccc(N)c(N(Cc2ccccc2)C2CCCC2)n1. The second-order valence-corrected chi connectivity index (χ2v) is 6.74. The molecule has 0 bridgehead atoms. The number of aliphatic hydroxyl groups excluding tert-OH is 1. The molecule has 1 aliphatic carbocycles. The highest BCUT2D eigenvalue weighted by Crippen LogP contribution is 2.33. The fourth-order valence-electron chi connectivity index (χ4n) is 3.54. The monoisotopic (exact) mass is 337 g/mol. The molecule has 0 spiro atoms. The number of pyridine rings is 1. The Morgan fingerprint density at radius 1 is 1.20 bits per heavy atom. The van der Waals surface area contributed by atoms with E-state index in [0.717, 1.165) is 25.2 Å². The maximum Gasteiger partial charge on any atom is 0.152 e. The van der Waals surface area contributed by atoms with Gasteiger partial charge in [-0.25, -0.2) is 4.98 Å². The van der Waals surface area contributed by atoms with E-state index in [2.05, 4.69) is 35.7 Å². The highest BCUT2D eigenvalue weighted by Gasteiger charge is 2.26. The molecule has 25 heavy (non-hydrogen) atoms. The van der Waals surface area contributed by atoms with Gasteiger partial charge in [0.2, 0.25) is 0 Å². The summed E-state index contributed by atoms with van der Waals surface area (Å²) in [5, 5.41) is 10.3. The van der Waals surface area contributed by atoms with Gasteiger partial charge >= 0.3 is 0 Å².